The molecular formula is C19H29Cl2N5O2. The van der Waals surface area contributed by atoms with E-state index in [4.69, 9.17) is 10.5 Å². The molecule has 0 saturated heterocycles. The number of hydrogen-bond acceptors (Lipinski definition) is 5. The predicted molar refractivity (Wildman–Crippen MR) is 115 cm³/mol. The number of aryl methyl sites for hydroxylation is 2. The Hall–Kier alpha value is -1.83. The molecule has 0 aliphatic heterocycles. The molecule has 0 bridgehead atoms. The third kappa shape index (κ3) is 5.59. The number of pyridine rings is 1. The van der Waals surface area contributed by atoms with Crippen molar-refractivity contribution in [2.75, 3.05) is 11.9 Å². The first-order valence-electron chi connectivity index (χ1n) is 9.14. The minimum absolute atomic E-state index is 0. The van der Waals surface area contributed by atoms with Crippen molar-refractivity contribution in [3.05, 3.63) is 30.2 Å². The number of aromatic nitrogens is 3. The smallest absolute Gasteiger partial charge is 0.241 e. The van der Waals surface area contributed by atoms with Crippen LogP contribution in [0.25, 0.3) is 0 Å². The number of ether oxygens (including phenoxy) is 1. The van der Waals surface area contributed by atoms with Gasteiger partial charge >= 0.3 is 0 Å². The molecule has 3 rings (SSSR count). The second-order valence-corrected chi connectivity index (χ2v) is 7.17. The normalized spacial score (nSPS) is 15.1. The van der Waals surface area contributed by atoms with E-state index < -0.39 is 0 Å². The summed E-state index contributed by atoms with van der Waals surface area (Å²) >= 11 is 0. The van der Waals surface area contributed by atoms with Gasteiger partial charge in [0.05, 0.1) is 11.9 Å². The van der Waals surface area contributed by atoms with Crippen LogP contribution in [0, 0.1) is 12.3 Å². The van der Waals surface area contributed by atoms with Crippen molar-refractivity contribution in [1.29, 1.82) is 0 Å². The van der Waals surface area contributed by atoms with Gasteiger partial charge in [0.2, 0.25) is 11.8 Å². The fraction of sp³-hybridized carbons (Fsp3) is 0.526. The summed E-state index contributed by atoms with van der Waals surface area (Å²) < 4.78 is 7.52. The van der Waals surface area contributed by atoms with Gasteiger partial charge in [-0.3, -0.25) is 9.78 Å². The Labute approximate surface area is 178 Å². The number of carbonyl (C=O) groups is 1. The van der Waals surface area contributed by atoms with Gasteiger partial charge in [-0.15, -0.1) is 24.8 Å². The minimum atomic E-state index is -0.0805. The Bertz CT molecular complexity index is 761. The molecule has 0 unspecified atom stereocenters. The van der Waals surface area contributed by atoms with Crippen LogP contribution in [0.1, 0.15) is 44.2 Å². The number of anilines is 1. The van der Waals surface area contributed by atoms with Crippen LogP contribution in [-0.4, -0.2) is 27.2 Å². The minimum Gasteiger partial charge on any atom is -0.436 e. The number of carbonyl (C=O) groups excluding carboxylic acids is 1. The number of nitrogens with one attached hydrogen (secondary N) is 1. The molecule has 2 heterocycles. The van der Waals surface area contributed by atoms with Crippen LogP contribution in [0.3, 0.4) is 0 Å². The van der Waals surface area contributed by atoms with Crippen LogP contribution < -0.4 is 15.8 Å². The summed E-state index contributed by atoms with van der Waals surface area (Å²) in [4.78, 5) is 16.8. The Morgan fingerprint density at radius 2 is 2.04 bits per heavy atom. The summed E-state index contributed by atoms with van der Waals surface area (Å²) in [6.45, 7) is 2.40. The molecule has 1 saturated carbocycles. The van der Waals surface area contributed by atoms with E-state index in [1.54, 1.807) is 30.2 Å². The fourth-order valence-electron chi connectivity index (χ4n) is 3.70. The number of hydrogen-bond donors (Lipinski definition) is 2. The van der Waals surface area contributed by atoms with E-state index in [0.29, 0.717) is 36.0 Å². The first kappa shape index (κ1) is 24.2. The SMILES string of the molecule is Cc1nn(C)c(Oc2cccnc2)c1NC(=O)CC1(CN)CCCCC1.Cl.Cl. The van der Waals surface area contributed by atoms with Crippen LogP contribution in [0.2, 0.25) is 0 Å². The standard InChI is InChI=1S/C19H27N5O2.2ClH/c1-14-17(18(24(2)23-14)26-15-7-6-10-21-12-15)22-16(25)11-19(13-20)8-4-3-5-9-19;;/h6-7,10,12H,3-5,8-9,11,13,20H2,1-2H3,(H,22,25);2*1H. The fourth-order valence-corrected chi connectivity index (χ4v) is 3.70. The molecule has 0 aromatic carbocycles. The molecule has 9 heteroatoms. The first-order valence-corrected chi connectivity index (χ1v) is 9.14. The van der Waals surface area contributed by atoms with Gasteiger partial charge in [0.15, 0.2) is 0 Å². The van der Waals surface area contributed by atoms with Gasteiger partial charge in [0.25, 0.3) is 0 Å². The van der Waals surface area contributed by atoms with Crippen LogP contribution in [-0.2, 0) is 11.8 Å². The van der Waals surface area contributed by atoms with Gasteiger partial charge in [0, 0.05) is 19.7 Å². The molecule has 156 valence electrons. The monoisotopic (exact) mass is 429 g/mol. The summed E-state index contributed by atoms with van der Waals surface area (Å²) in [5.41, 5.74) is 7.25. The van der Waals surface area contributed by atoms with Crippen LogP contribution in [0.15, 0.2) is 24.5 Å². The molecule has 0 radical (unpaired) electrons. The Morgan fingerprint density at radius 3 is 2.64 bits per heavy atom. The van der Waals surface area contributed by atoms with Crippen molar-refractivity contribution in [1.82, 2.24) is 14.8 Å². The Balaban J connectivity index is 0.00000196. The van der Waals surface area contributed by atoms with Gasteiger partial charge in [-0.1, -0.05) is 19.3 Å². The number of nitrogens with zero attached hydrogens (tertiary/aromatic N) is 3. The molecule has 0 spiro atoms. The number of halogens is 2. The van der Waals surface area contributed by atoms with Gasteiger partial charge in [-0.25, -0.2) is 4.68 Å². The van der Waals surface area contributed by atoms with E-state index in [-0.39, 0.29) is 36.1 Å². The van der Waals surface area contributed by atoms with Gasteiger partial charge in [0.1, 0.15) is 11.4 Å². The van der Waals surface area contributed by atoms with Crippen molar-refractivity contribution in [2.45, 2.75) is 45.4 Å². The zero-order chi connectivity index (χ0) is 18.6. The summed E-state index contributed by atoms with van der Waals surface area (Å²) in [6.07, 6.45) is 9.29. The predicted octanol–water partition coefficient (Wildman–Crippen LogP) is 4.00. The lowest BCUT2D eigenvalue weighted by molar-refractivity contribution is -0.118. The maximum absolute atomic E-state index is 12.7. The highest BCUT2D eigenvalue weighted by atomic mass is 35.5. The number of rotatable bonds is 6. The Kier molecular flexibility index (Phi) is 9.20. The highest BCUT2D eigenvalue weighted by molar-refractivity contribution is 5.93. The quantitative estimate of drug-likeness (QED) is 0.723. The van der Waals surface area contributed by atoms with Crippen LogP contribution in [0.4, 0.5) is 5.69 Å². The van der Waals surface area contributed by atoms with E-state index in [9.17, 15) is 4.79 Å². The molecule has 1 fully saturated rings. The maximum Gasteiger partial charge on any atom is 0.241 e. The molecule has 2 aromatic heterocycles. The van der Waals surface area contributed by atoms with Crippen LogP contribution in [0.5, 0.6) is 11.6 Å². The van der Waals surface area contributed by atoms with Gasteiger partial charge in [-0.2, -0.15) is 5.10 Å². The average molecular weight is 430 g/mol. The van der Waals surface area contributed by atoms with Gasteiger partial charge in [-0.05, 0) is 43.9 Å². The van der Waals surface area contributed by atoms with Crippen molar-refractivity contribution < 1.29 is 9.53 Å². The first-order chi connectivity index (χ1) is 12.5. The van der Waals surface area contributed by atoms with E-state index >= 15 is 0 Å². The van der Waals surface area contributed by atoms with Crippen molar-refractivity contribution in [3.63, 3.8) is 0 Å². The molecule has 28 heavy (non-hydrogen) atoms. The molecule has 1 aliphatic rings. The summed E-state index contributed by atoms with van der Waals surface area (Å²) in [5.74, 6) is 1.05. The largest absolute Gasteiger partial charge is 0.436 e. The lowest BCUT2D eigenvalue weighted by Gasteiger charge is -2.35. The van der Waals surface area contributed by atoms with E-state index in [0.717, 1.165) is 25.7 Å². The summed E-state index contributed by atoms with van der Waals surface area (Å²) in [7, 11) is 1.79. The highest BCUT2D eigenvalue weighted by Crippen LogP contribution is 2.39. The topological polar surface area (TPSA) is 95.1 Å². The zero-order valence-electron chi connectivity index (χ0n) is 16.3. The second kappa shape index (κ2) is 10.6. The van der Waals surface area contributed by atoms with Crippen molar-refractivity contribution >= 4 is 36.4 Å². The summed E-state index contributed by atoms with van der Waals surface area (Å²) in [5, 5.41) is 7.38. The van der Waals surface area contributed by atoms with Crippen LogP contribution >= 0.6 is 24.8 Å². The summed E-state index contributed by atoms with van der Waals surface area (Å²) in [6, 6.07) is 3.61. The Morgan fingerprint density at radius 1 is 1.32 bits per heavy atom. The van der Waals surface area contributed by atoms with E-state index in [2.05, 4.69) is 15.4 Å². The average Bonchev–Trinajstić information content (AvgIpc) is 2.90. The molecule has 3 N–H and O–H groups in total. The molecule has 0 atom stereocenters. The van der Waals surface area contributed by atoms with Crippen molar-refractivity contribution in [3.8, 4) is 11.6 Å². The molecular weight excluding hydrogens is 401 g/mol. The number of amides is 1. The van der Waals surface area contributed by atoms with E-state index in [1.165, 1.54) is 6.42 Å². The third-order valence-electron chi connectivity index (χ3n) is 5.17. The lowest BCUT2D eigenvalue weighted by Crippen LogP contribution is -2.36. The molecule has 7 nitrogen and oxygen atoms in total. The zero-order valence-corrected chi connectivity index (χ0v) is 17.9. The second-order valence-electron chi connectivity index (χ2n) is 7.17. The van der Waals surface area contributed by atoms with Gasteiger partial charge < -0.3 is 15.8 Å². The molecule has 1 amide bonds. The maximum atomic E-state index is 12.7. The third-order valence-corrected chi connectivity index (χ3v) is 5.17. The number of nitrogens with two attached hydrogens (primary N) is 1. The van der Waals surface area contributed by atoms with E-state index in [1.807, 2.05) is 13.0 Å². The van der Waals surface area contributed by atoms with Crippen molar-refractivity contribution in [2.24, 2.45) is 18.2 Å². The molecule has 2 aromatic rings. The highest BCUT2D eigenvalue weighted by Gasteiger charge is 2.33. The lowest BCUT2D eigenvalue weighted by atomic mass is 9.71. The molecule has 1 aliphatic carbocycles.